The van der Waals surface area contributed by atoms with Crippen LogP contribution in [0.25, 0.3) is 0 Å². The van der Waals surface area contributed by atoms with Crippen molar-refractivity contribution in [3.8, 4) is 0 Å². The van der Waals surface area contributed by atoms with Crippen molar-refractivity contribution in [2.45, 2.75) is 51.0 Å². The van der Waals surface area contributed by atoms with E-state index in [0.717, 1.165) is 77.1 Å². The third kappa shape index (κ3) is 5.73. The molecule has 1 saturated carbocycles. The van der Waals surface area contributed by atoms with Crippen LogP contribution in [0.2, 0.25) is 5.02 Å². The molecule has 2 saturated heterocycles. The number of hydrogen-bond acceptors (Lipinski definition) is 6. The quantitative estimate of drug-likeness (QED) is 0.509. The smallest absolute Gasteiger partial charge is 0.270 e. The largest absolute Gasteiger partial charge is 0.379 e. The van der Waals surface area contributed by atoms with Crippen molar-refractivity contribution in [1.29, 1.82) is 0 Å². The van der Waals surface area contributed by atoms with Gasteiger partial charge in [0.2, 0.25) is 5.91 Å². The van der Waals surface area contributed by atoms with Gasteiger partial charge < -0.3 is 19.9 Å². The number of rotatable bonds is 8. The van der Waals surface area contributed by atoms with Gasteiger partial charge in [-0.25, -0.2) is 4.98 Å². The summed E-state index contributed by atoms with van der Waals surface area (Å²) in [7, 11) is 0. The van der Waals surface area contributed by atoms with Crippen LogP contribution in [0.4, 0.5) is 5.69 Å². The molecule has 2 amide bonds. The van der Waals surface area contributed by atoms with Gasteiger partial charge in [0.25, 0.3) is 5.91 Å². The summed E-state index contributed by atoms with van der Waals surface area (Å²) in [4.78, 5) is 50.3. The number of aromatic amines is 1. The number of carbonyl (C=O) groups excluding carboxylic acids is 3. The van der Waals surface area contributed by atoms with Crippen molar-refractivity contribution < 1.29 is 19.1 Å². The molecule has 1 aliphatic carbocycles. The molecule has 0 atom stereocenters. The van der Waals surface area contributed by atoms with Gasteiger partial charge in [-0.05, 0) is 63.3 Å². The van der Waals surface area contributed by atoms with Crippen LogP contribution in [-0.4, -0.2) is 77.9 Å². The lowest BCUT2D eigenvalue weighted by Crippen LogP contribution is -2.44. The zero-order valence-electron chi connectivity index (χ0n) is 21.0. The predicted octanol–water partition coefficient (Wildman–Crippen LogP) is 3.45. The highest BCUT2D eigenvalue weighted by Crippen LogP contribution is 2.46. The second-order valence-electron chi connectivity index (χ2n) is 10.3. The van der Waals surface area contributed by atoms with Gasteiger partial charge in [-0.2, -0.15) is 0 Å². The number of carbonyl (C=O) groups is 3. The van der Waals surface area contributed by atoms with Crippen molar-refractivity contribution in [3.05, 3.63) is 47.0 Å². The molecule has 0 radical (unpaired) electrons. The molecular formula is C27H34ClN5O4. The molecule has 10 heteroatoms. The van der Waals surface area contributed by atoms with Gasteiger partial charge in [0.1, 0.15) is 11.4 Å². The van der Waals surface area contributed by atoms with Crippen LogP contribution < -0.4 is 10.2 Å². The lowest BCUT2D eigenvalue weighted by Gasteiger charge is -2.36. The van der Waals surface area contributed by atoms with Gasteiger partial charge in [0, 0.05) is 42.8 Å². The van der Waals surface area contributed by atoms with Gasteiger partial charge in [-0.1, -0.05) is 17.7 Å². The molecule has 5 rings (SSSR count). The van der Waals surface area contributed by atoms with E-state index in [-0.39, 0.29) is 40.4 Å². The first-order valence-electron chi connectivity index (χ1n) is 13.2. The average molecular weight is 528 g/mol. The Hall–Kier alpha value is -2.75. The molecule has 37 heavy (non-hydrogen) atoms. The number of aromatic nitrogens is 2. The van der Waals surface area contributed by atoms with Crippen molar-refractivity contribution in [1.82, 2.24) is 20.2 Å². The molecule has 9 nitrogen and oxygen atoms in total. The fourth-order valence-electron chi connectivity index (χ4n) is 5.83. The molecule has 3 heterocycles. The lowest BCUT2D eigenvalue weighted by molar-refractivity contribution is -0.127. The molecule has 1 aromatic heterocycles. The minimum atomic E-state index is -0.376. The Balaban J connectivity index is 1.12. The highest BCUT2D eigenvalue weighted by atomic mass is 35.5. The molecule has 3 fully saturated rings. The summed E-state index contributed by atoms with van der Waals surface area (Å²) in [5.74, 6) is -0.286. The van der Waals surface area contributed by atoms with E-state index in [1.54, 1.807) is 6.07 Å². The van der Waals surface area contributed by atoms with E-state index < -0.39 is 0 Å². The number of imidazole rings is 1. The number of hydrogen-bond donors (Lipinski definition) is 2. The van der Waals surface area contributed by atoms with Crippen molar-refractivity contribution in [3.63, 3.8) is 0 Å². The molecule has 2 N–H and O–H groups in total. The van der Waals surface area contributed by atoms with Crippen LogP contribution in [0.5, 0.6) is 0 Å². The van der Waals surface area contributed by atoms with Gasteiger partial charge in [-0.3, -0.25) is 19.3 Å². The maximum atomic E-state index is 13.4. The molecule has 2 aliphatic heterocycles. The summed E-state index contributed by atoms with van der Waals surface area (Å²) >= 11 is 6.13. The standard InChI is InChI=1S/C27H34ClN5O4/c28-19-3-1-4-21(17-19)33-12-10-27(26(33)36)8-6-20(7-9-27)31-25(35)24-23(29-18-30-24)22(34)5-2-11-32-13-15-37-16-14-32/h1,3-4,17-18,20H,2,5-16H2,(H,29,30)(H,31,35). The Morgan fingerprint density at radius 3 is 2.70 bits per heavy atom. The summed E-state index contributed by atoms with van der Waals surface area (Å²) in [5.41, 5.74) is 0.890. The van der Waals surface area contributed by atoms with E-state index in [4.69, 9.17) is 16.3 Å². The highest BCUT2D eigenvalue weighted by Gasteiger charge is 2.48. The Kier molecular flexibility index (Phi) is 7.92. The Morgan fingerprint density at radius 2 is 1.95 bits per heavy atom. The number of amides is 2. The van der Waals surface area contributed by atoms with Gasteiger partial charge in [-0.15, -0.1) is 0 Å². The van der Waals surface area contributed by atoms with Crippen molar-refractivity contribution in [2.24, 2.45) is 5.41 Å². The number of ketones is 1. The summed E-state index contributed by atoms with van der Waals surface area (Å²) in [6.07, 6.45) is 6.17. The van der Waals surface area contributed by atoms with Gasteiger partial charge in [0.15, 0.2) is 5.78 Å². The molecular weight excluding hydrogens is 494 g/mol. The normalized spacial score (nSPS) is 24.5. The van der Waals surface area contributed by atoms with E-state index in [0.29, 0.717) is 18.0 Å². The van der Waals surface area contributed by atoms with Crippen LogP contribution >= 0.6 is 11.6 Å². The first-order chi connectivity index (χ1) is 17.9. The molecule has 3 aliphatic rings. The van der Waals surface area contributed by atoms with E-state index >= 15 is 0 Å². The summed E-state index contributed by atoms with van der Waals surface area (Å²) in [6, 6.07) is 7.37. The zero-order chi connectivity index (χ0) is 25.8. The van der Waals surface area contributed by atoms with Crippen LogP contribution in [-0.2, 0) is 9.53 Å². The van der Waals surface area contributed by atoms with Crippen LogP contribution in [0.1, 0.15) is 65.9 Å². The van der Waals surface area contributed by atoms with E-state index in [1.807, 2.05) is 23.1 Å². The number of anilines is 1. The number of benzene rings is 1. The van der Waals surface area contributed by atoms with Crippen molar-refractivity contribution in [2.75, 3.05) is 44.3 Å². The maximum Gasteiger partial charge on any atom is 0.270 e. The molecule has 1 aromatic carbocycles. The number of morpholine rings is 1. The first kappa shape index (κ1) is 25.9. The second-order valence-corrected chi connectivity index (χ2v) is 10.8. The minimum Gasteiger partial charge on any atom is -0.379 e. The first-order valence-corrected chi connectivity index (χ1v) is 13.6. The Labute approximate surface area is 221 Å². The summed E-state index contributed by atoms with van der Waals surface area (Å²) < 4.78 is 5.36. The Morgan fingerprint density at radius 1 is 1.16 bits per heavy atom. The van der Waals surface area contributed by atoms with Gasteiger partial charge in [0.05, 0.1) is 25.0 Å². The summed E-state index contributed by atoms with van der Waals surface area (Å²) in [5, 5.41) is 3.69. The molecule has 1 spiro atoms. The van der Waals surface area contributed by atoms with Crippen molar-refractivity contribution >= 4 is 34.9 Å². The fraction of sp³-hybridized carbons (Fsp3) is 0.556. The number of ether oxygens (including phenoxy) is 1. The second kappa shape index (κ2) is 11.3. The molecule has 198 valence electrons. The minimum absolute atomic E-state index is 0.0429. The number of nitrogens with one attached hydrogen (secondary N) is 2. The molecule has 2 aromatic rings. The zero-order valence-corrected chi connectivity index (χ0v) is 21.8. The molecule has 0 unspecified atom stereocenters. The van der Waals surface area contributed by atoms with E-state index in [2.05, 4.69) is 20.2 Å². The third-order valence-electron chi connectivity index (χ3n) is 8.02. The number of halogens is 1. The fourth-order valence-corrected chi connectivity index (χ4v) is 6.02. The monoisotopic (exact) mass is 527 g/mol. The van der Waals surface area contributed by atoms with Crippen LogP contribution in [0.15, 0.2) is 30.6 Å². The molecule has 0 bridgehead atoms. The topological polar surface area (TPSA) is 108 Å². The maximum absolute atomic E-state index is 13.4. The number of nitrogens with zero attached hydrogens (tertiary/aromatic N) is 3. The third-order valence-corrected chi connectivity index (χ3v) is 8.26. The van der Waals surface area contributed by atoms with E-state index in [9.17, 15) is 14.4 Å². The number of H-pyrrole nitrogens is 1. The summed E-state index contributed by atoms with van der Waals surface area (Å²) in [6.45, 7) is 4.75. The van der Waals surface area contributed by atoms with Crippen LogP contribution in [0.3, 0.4) is 0 Å². The Bertz CT molecular complexity index is 1140. The number of Topliss-reactive ketones (excluding diaryl/α,β-unsaturated/α-hetero) is 1. The van der Waals surface area contributed by atoms with Gasteiger partial charge >= 0.3 is 0 Å². The lowest BCUT2D eigenvalue weighted by atomic mass is 9.71. The van der Waals surface area contributed by atoms with E-state index in [1.165, 1.54) is 6.33 Å². The average Bonchev–Trinajstić information content (AvgIpc) is 3.52. The van der Waals surface area contributed by atoms with Crippen LogP contribution in [0, 0.1) is 5.41 Å². The predicted molar refractivity (Wildman–Crippen MR) is 140 cm³/mol. The highest BCUT2D eigenvalue weighted by molar-refractivity contribution is 6.31. The SMILES string of the molecule is O=C(CCCN1CCOCC1)c1nc[nH]c1C(=O)NC1CCC2(CC1)CCN(c1cccc(Cl)c1)C2=O.